The molecule has 0 atom stereocenters. The molecule has 1 aromatic carbocycles. The first-order valence-corrected chi connectivity index (χ1v) is 8.90. The average Bonchev–Trinajstić information content (AvgIpc) is 2.52. The molecule has 26 heavy (non-hydrogen) atoms. The molecule has 2 rings (SSSR count). The molecule has 2 N–H and O–H groups in total. The zero-order valence-corrected chi connectivity index (χ0v) is 17.2. The molecule has 0 saturated carbocycles. The second-order valence-corrected chi connectivity index (χ2v) is 9.02. The van der Waals surface area contributed by atoms with Gasteiger partial charge in [-0.25, -0.2) is 0 Å². The number of allylic oxidation sites excluding steroid dienone is 1. The van der Waals surface area contributed by atoms with Crippen LogP contribution in [0, 0.1) is 16.2 Å². The van der Waals surface area contributed by atoms with E-state index in [1.54, 1.807) is 20.3 Å². The molecule has 0 spiro atoms. The second-order valence-electron chi connectivity index (χ2n) is 9.02. The van der Waals surface area contributed by atoms with E-state index >= 15 is 0 Å². The van der Waals surface area contributed by atoms with Gasteiger partial charge in [-0.05, 0) is 40.7 Å². The molecule has 0 aromatic heterocycles. The maximum absolute atomic E-state index is 11.6. The van der Waals surface area contributed by atoms with Gasteiger partial charge in [0.15, 0.2) is 0 Å². The fourth-order valence-corrected chi connectivity index (χ4v) is 4.61. The number of hydrogen-bond acceptors (Lipinski definition) is 4. The van der Waals surface area contributed by atoms with Crippen molar-refractivity contribution < 1.29 is 19.7 Å². The summed E-state index contributed by atoms with van der Waals surface area (Å²) in [4.78, 5) is 0. The molecule has 4 heteroatoms. The highest BCUT2D eigenvalue weighted by atomic mass is 16.5. The molecule has 0 unspecified atom stereocenters. The topological polar surface area (TPSA) is 58.9 Å². The molecule has 0 bridgehead atoms. The highest BCUT2D eigenvalue weighted by Crippen LogP contribution is 2.63. The summed E-state index contributed by atoms with van der Waals surface area (Å²) in [5.41, 5.74) is -0.824. The van der Waals surface area contributed by atoms with Crippen LogP contribution < -0.4 is 4.74 Å². The Hall–Kier alpha value is -1.78. The molecule has 0 radical (unpaired) electrons. The standard InChI is InChI=1S/C22H32O4/c1-19(2,3)21(20(4,5)6)14-17(26-8)13-18(22(21,23)24)15-10-9-11-16(12-15)25-7/h9-14,23-24H,1-8H3. The summed E-state index contributed by atoms with van der Waals surface area (Å²) in [5.74, 6) is -0.825. The lowest BCUT2D eigenvalue weighted by molar-refractivity contribution is -0.249. The minimum Gasteiger partial charge on any atom is -0.497 e. The van der Waals surface area contributed by atoms with E-state index in [2.05, 4.69) is 0 Å². The molecule has 1 aliphatic carbocycles. The van der Waals surface area contributed by atoms with Crippen LogP contribution in [0.15, 0.2) is 42.2 Å². The summed E-state index contributed by atoms with van der Waals surface area (Å²) < 4.78 is 10.9. The Bertz CT molecular complexity index is 713. The summed E-state index contributed by atoms with van der Waals surface area (Å²) in [5, 5.41) is 23.2. The van der Waals surface area contributed by atoms with Crippen LogP contribution in [0.4, 0.5) is 0 Å². The largest absolute Gasteiger partial charge is 0.497 e. The van der Waals surface area contributed by atoms with E-state index in [0.717, 1.165) is 0 Å². The normalized spacial score (nSPS) is 19.5. The molecule has 0 saturated heterocycles. The summed E-state index contributed by atoms with van der Waals surface area (Å²) in [6.45, 7) is 12.2. The first-order chi connectivity index (χ1) is 11.8. The van der Waals surface area contributed by atoms with Gasteiger partial charge in [0, 0.05) is 5.57 Å². The molecular weight excluding hydrogens is 328 g/mol. The molecule has 1 aliphatic rings. The van der Waals surface area contributed by atoms with Gasteiger partial charge in [0.25, 0.3) is 0 Å². The van der Waals surface area contributed by atoms with Gasteiger partial charge < -0.3 is 19.7 Å². The van der Waals surface area contributed by atoms with Gasteiger partial charge in [0.05, 0.1) is 19.6 Å². The van der Waals surface area contributed by atoms with E-state index in [9.17, 15) is 10.2 Å². The number of ether oxygens (including phenoxy) is 2. The number of hydrogen-bond donors (Lipinski definition) is 2. The van der Waals surface area contributed by atoms with E-state index in [-0.39, 0.29) is 0 Å². The predicted molar refractivity (Wildman–Crippen MR) is 105 cm³/mol. The molecule has 0 amide bonds. The van der Waals surface area contributed by atoms with Crippen molar-refractivity contribution >= 4 is 5.57 Å². The van der Waals surface area contributed by atoms with Crippen LogP contribution in [-0.4, -0.2) is 30.2 Å². The summed E-state index contributed by atoms with van der Waals surface area (Å²) in [7, 11) is 3.19. The maximum Gasteiger partial charge on any atom is 0.201 e. The van der Waals surface area contributed by atoms with E-state index in [1.807, 2.05) is 71.9 Å². The Morgan fingerprint density at radius 3 is 1.92 bits per heavy atom. The number of methoxy groups -OCH3 is 2. The Balaban J connectivity index is 2.83. The van der Waals surface area contributed by atoms with Gasteiger partial charge >= 0.3 is 0 Å². The van der Waals surface area contributed by atoms with Crippen molar-refractivity contribution in [3.8, 4) is 5.75 Å². The number of aliphatic hydroxyl groups is 2. The van der Waals surface area contributed by atoms with E-state index < -0.39 is 22.0 Å². The van der Waals surface area contributed by atoms with Crippen LogP contribution in [0.5, 0.6) is 5.75 Å². The fraction of sp³-hybridized carbons (Fsp3) is 0.545. The summed E-state index contributed by atoms with van der Waals surface area (Å²) >= 11 is 0. The summed E-state index contributed by atoms with van der Waals surface area (Å²) in [6, 6.07) is 7.33. The molecule has 0 fully saturated rings. The van der Waals surface area contributed by atoms with Crippen LogP contribution >= 0.6 is 0 Å². The monoisotopic (exact) mass is 360 g/mol. The Kier molecular flexibility index (Phi) is 5.08. The molecule has 0 heterocycles. The Labute approximate surface area is 157 Å². The third kappa shape index (κ3) is 2.95. The van der Waals surface area contributed by atoms with Crippen molar-refractivity contribution in [2.75, 3.05) is 14.2 Å². The zero-order valence-electron chi connectivity index (χ0n) is 17.2. The van der Waals surface area contributed by atoms with Crippen molar-refractivity contribution in [3.05, 3.63) is 47.7 Å². The van der Waals surface area contributed by atoms with E-state index in [0.29, 0.717) is 22.6 Å². The first-order valence-electron chi connectivity index (χ1n) is 8.90. The van der Waals surface area contributed by atoms with Gasteiger partial charge in [-0.1, -0.05) is 53.7 Å². The number of benzene rings is 1. The lowest BCUT2D eigenvalue weighted by Gasteiger charge is -2.59. The van der Waals surface area contributed by atoms with Crippen LogP contribution in [-0.2, 0) is 4.74 Å². The van der Waals surface area contributed by atoms with E-state index in [1.165, 1.54) is 0 Å². The van der Waals surface area contributed by atoms with Crippen LogP contribution in [0.25, 0.3) is 5.57 Å². The maximum atomic E-state index is 11.6. The average molecular weight is 360 g/mol. The Morgan fingerprint density at radius 2 is 1.46 bits per heavy atom. The van der Waals surface area contributed by atoms with Crippen molar-refractivity contribution in [3.63, 3.8) is 0 Å². The molecule has 4 nitrogen and oxygen atoms in total. The third-order valence-corrected chi connectivity index (χ3v) is 5.55. The van der Waals surface area contributed by atoms with Crippen molar-refractivity contribution in [2.24, 2.45) is 16.2 Å². The van der Waals surface area contributed by atoms with Gasteiger partial charge in [-0.2, -0.15) is 0 Å². The van der Waals surface area contributed by atoms with Crippen molar-refractivity contribution in [2.45, 2.75) is 47.3 Å². The van der Waals surface area contributed by atoms with Gasteiger partial charge in [0.2, 0.25) is 5.79 Å². The Morgan fingerprint density at radius 1 is 0.885 bits per heavy atom. The quantitative estimate of drug-likeness (QED) is 0.785. The van der Waals surface area contributed by atoms with Crippen molar-refractivity contribution in [1.29, 1.82) is 0 Å². The van der Waals surface area contributed by atoms with Gasteiger partial charge in [0.1, 0.15) is 11.5 Å². The second kappa shape index (κ2) is 6.43. The van der Waals surface area contributed by atoms with Crippen LogP contribution in [0.3, 0.4) is 0 Å². The van der Waals surface area contributed by atoms with Gasteiger partial charge in [-0.3, -0.25) is 0 Å². The molecular formula is C22H32O4. The fourth-order valence-electron chi connectivity index (χ4n) is 4.61. The SMILES string of the molecule is COC1=CC(C(C)(C)C)(C(C)(C)C)C(O)(O)C(c2cccc(OC)c2)=C1. The minimum atomic E-state index is -2.10. The van der Waals surface area contributed by atoms with E-state index in [4.69, 9.17) is 9.47 Å². The van der Waals surface area contributed by atoms with Crippen LogP contribution in [0.1, 0.15) is 47.1 Å². The number of rotatable bonds is 3. The molecule has 0 aliphatic heterocycles. The highest BCUT2D eigenvalue weighted by molar-refractivity contribution is 5.76. The van der Waals surface area contributed by atoms with Gasteiger partial charge in [-0.15, -0.1) is 0 Å². The highest BCUT2D eigenvalue weighted by Gasteiger charge is 2.64. The molecule has 1 aromatic rings. The predicted octanol–water partition coefficient (Wildman–Crippen LogP) is 4.38. The lowest BCUT2D eigenvalue weighted by atomic mass is 9.47. The molecule has 144 valence electrons. The minimum absolute atomic E-state index is 0.403. The zero-order chi connectivity index (χ0) is 20.0. The van der Waals surface area contributed by atoms with Crippen molar-refractivity contribution in [1.82, 2.24) is 0 Å². The first kappa shape index (κ1) is 20.5. The van der Waals surface area contributed by atoms with Crippen LogP contribution in [0.2, 0.25) is 0 Å². The smallest absolute Gasteiger partial charge is 0.201 e. The lowest BCUT2D eigenvalue weighted by Crippen LogP contribution is -2.62. The third-order valence-electron chi connectivity index (χ3n) is 5.55. The summed E-state index contributed by atoms with van der Waals surface area (Å²) in [6.07, 6.45) is 3.57.